The zero-order valence-corrected chi connectivity index (χ0v) is 9.64. The molecule has 1 aliphatic rings. The van der Waals surface area contributed by atoms with Gasteiger partial charge in [-0.25, -0.2) is 0 Å². The highest BCUT2D eigenvalue weighted by Crippen LogP contribution is 2.18. The molecule has 0 aromatic heterocycles. The lowest BCUT2D eigenvalue weighted by molar-refractivity contribution is 0.770. The molecule has 0 aromatic carbocycles. The summed E-state index contributed by atoms with van der Waals surface area (Å²) in [5.74, 6) is 0. The Labute approximate surface area is 77.5 Å². The molecule has 0 atom stereocenters. The van der Waals surface area contributed by atoms with Gasteiger partial charge in [0.1, 0.15) is 0 Å². The van der Waals surface area contributed by atoms with Crippen LogP contribution >= 0.6 is 0 Å². The van der Waals surface area contributed by atoms with Gasteiger partial charge < -0.3 is 4.90 Å². The van der Waals surface area contributed by atoms with Crippen LogP contribution in [0.2, 0.25) is 25.2 Å². The minimum absolute atomic E-state index is 0.856. The summed E-state index contributed by atoms with van der Waals surface area (Å²) >= 11 is 0. The minimum atomic E-state index is -0.856. The summed E-state index contributed by atoms with van der Waals surface area (Å²) in [6, 6.07) is 2.83. The molecule has 0 N–H and O–H groups in total. The fraction of sp³-hybridized carbons (Fsp3) is 0.800. The molecular formula is C10H21NSi. The van der Waals surface area contributed by atoms with Crippen molar-refractivity contribution in [1.29, 1.82) is 0 Å². The molecule has 1 fully saturated rings. The maximum atomic E-state index is 2.49. The molecule has 2 heteroatoms. The average Bonchev–Trinajstić information content (AvgIpc) is 2.70. The maximum absolute atomic E-state index is 2.49. The van der Waals surface area contributed by atoms with Gasteiger partial charge in [-0.2, -0.15) is 0 Å². The minimum Gasteiger partial charge on any atom is -0.374 e. The molecule has 0 unspecified atom stereocenters. The highest BCUT2D eigenvalue weighted by Gasteiger charge is 2.17. The van der Waals surface area contributed by atoms with Gasteiger partial charge in [0.15, 0.2) is 0 Å². The van der Waals surface area contributed by atoms with Crippen LogP contribution in [-0.4, -0.2) is 26.1 Å². The van der Waals surface area contributed by atoms with Gasteiger partial charge in [0.05, 0.1) is 8.07 Å². The van der Waals surface area contributed by atoms with E-state index in [1.54, 1.807) is 0 Å². The second kappa shape index (κ2) is 4.12. The van der Waals surface area contributed by atoms with E-state index in [0.29, 0.717) is 0 Å². The Bertz CT molecular complexity index is 159. The van der Waals surface area contributed by atoms with Crippen molar-refractivity contribution < 1.29 is 0 Å². The van der Waals surface area contributed by atoms with Crippen LogP contribution in [0.1, 0.15) is 13.3 Å². The van der Waals surface area contributed by atoms with Crippen molar-refractivity contribution in [2.75, 3.05) is 13.1 Å². The van der Waals surface area contributed by atoms with Crippen molar-refractivity contribution in [3.63, 3.8) is 0 Å². The standard InChI is InChI=1S/C10H21NSi/c1-4-9-12(2,3)10-5-6-11-7-8-11/h5-6H,4,7-10H2,1-3H3. The first-order valence-corrected chi connectivity index (χ1v) is 8.46. The van der Waals surface area contributed by atoms with E-state index in [1.165, 1.54) is 31.6 Å². The number of nitrogens with zero attached hydrogens (tertiary/aromatic N) is 1. The maximum Gasteiger partial charge on any atom is 0.0511 e. The smallest absolute Gasteiger partial charge is 0.0511 e. The van der Waals surface area contributed by atoms with Gasteiger partial charge in [-0.1, -0.05) is 38.6 Å². The van der Waals surface area contributed by atoms with E-state index in [1.807, 2.05) is 0 Å². The monoisotopic (exact) mass is 183 g/mol. The zero-order valence-electron chi connectivity index (χ0n) is 8.64. The van der Waals surface area contributed by atoms with Crippen LogP contribution in [0.5, 0.6) is 0 Å². The molecule has 1 heterocycles. The van der Waals surface area contributed by atoms with Gasteiger partial charge in [0, 0.05) is 13.1 Å². The fourth-order valence-corrected chi connectivity index (χ4v) is 3.81. The van der Waals surface area contributed by atoms with E-state index in [0.717, 1.165) is 0 Å². The summed E-state index contributed by atoms with van der Waals surface area (Å²) in [4.78, 5) is 2.36. The lowest BCUT2D eigenvalue weighted by atomic mass is 10.6. The third-order valence-corrected chi connectivity index (χ3v) is 5.59. The Morgan fingerprint density at radius 3 is 2.50 bits per heavy atom. The topological polar surface area (TPSA) is 3.01 Å². The van der Waals surface area contributed by atoms with Crippen LogP contribution in [0, 0.1) is 0 Å². The molecule has 0 radical (unpaired) electrons. The largest absolute Gasteiger partial charge is 0.374 e. The molecule has 1 aliphatic heterocycles. The third-order valence-electron chi connectivity index (χ3n) is 2.40. The van der Waals surface area contributed by atoms with Crippen molar-refractivity contribution in [1.82, 2.24) is 4.90 Å². The zero-order chi connectivity index (χ0) is 9.03. The lowest BCUT2D eigenvalue weighted by Gasteiger charge is -2.18. The number of allylic oxidation sites excluding steroid dienone is 1. The Balaban J connectivity index is 2.18. The second-order valence-corrected chi connectivity index (χ2v) is 9.78. The highest BCUT2D eigenvalue weighted by atomic mass is 28.3. The summed E-state index contributed by atoms with van der Waals surface area (Å²) in [7, 11) is -0.856. The quantitative estimate of drug-likeness (QED) is 0.468. The molecule has 0 saturated carbocycles. The molecule has 70 valence electrons. The summed E-state index contributed by atoms with van der Waals surface area (Å²) in [5, 5.41) is 0. The molecule has 0 aliphatic carbocycles. The van der Waals surface area contributed by atoms with Gasteiger partial charge in [-0.15, -0.1) is 0 Å². The number of rotatable bonds is 5. The van der Waals surface area contributed by atoms with Crippen molar-refractivity contribution >= 4 is 8.07 Å². The first-order valence-electron chi connectivity index (χ1n) is 5.05. The normalized spacial score (nSPS) is 17.4. The Morgan fingerprint density at radius 2 is 2.00 bits per heavy atom. The van der Waals surface area contributed by atoms with E-state index >= 15 is 0 Å². The summed E-state index contributed by atoms with van der Waals surface area (Å²) < 4.78 is 0. The molecule has 0 bridgehead atoms. The lowest BCUT2D eigenvalue weighted by Crippen LogP contribution is -2.23. The molecule has 0 aromatic rings. The van der Waals surface area contributed by atoms with E-state index in [4.69, 9.17) is 0 Å². The van der Waals surface area contributed by atoms with E-state index in [9.17, 15) is 0 Å². The Kier molecular flexibility index (Phi) is 3.38. The number of hydrogen-bond acceptors (Lipinski definition) is 1. The van der Waals surface area contributed by atoms with Gasteiger partial charge in [-0.05, 0) is 12.2 Å². The van der Waals surface area contributed by atoms with Crippen LogP contribution in [-0.2, 0) is 0 Å². The predicted molar refractivity (Wildman–Crippen MR) is 58.1 cm³/mol. The summed E-state index contributed by atoms with van der Waals surface area (Å²) in [6.45, 7) is 9.84. The first kappa shape index (κ1) is 9.84. The van der Waals surface area contributed by atoms with Crippen LogP contribution in [0.3, 0.4) is 0 Å². The van der Waals surface area contributed by atoms with E-state index < -0.39 is 8.07 Å². The summed E-state index contributed by atoms with van der Waals surface area (Å²) in [6.07, 6.45) is 6.02. The predicted octanol–water partition coefficient (Wildman–Crippen LogP) is 2.93. The van der Waals surface area contributed by atoms with Crippen molar-refractivity contribution in [3.05, 3.63) is 12.3 Å². The first-order chi connectivity index (χ1) is 5.64. The number of hydrogen-bond donors (Lipinski definition) is 0. The molecule has 1 nitrogen and oxygen atoms in total. The second-order valence-electron chi connectivity index (χ2n) is 4.54. The van der Waals surface area contributed by atoms with Gasteiger partial charge in [-0.3, -0.25) is 0 Å². The van der Waals surface area contributed by atoms with Crippen LogP contribution in [0.15, 0.2) is 12.3 Å². The molecule has 1 rings (SSSR count). The van der Waals surface area contributed by atoms with Crippen LogP contribution in [0.25, 0.3) is 0 Å². The fourth-order valence-electron chi connectivity index (χ4n) is 1.51. The SMILES string of the molecule is CCC[Si](C)(C)CC=CN1CC1. The van der Waals surface area contributed by atoms with Gasteiger partial charge in [0.2, 0.25) is 0 Å². The van der Waals surface area contributed by atoms with Gasteiger partial charge in [0.25, 0.3) is 0 Å². The van der Waals surface area contributed by atoms with Crippen molar-refractivity contribution in [2.45, 2.75) is 38.5 Å². The van der Waals surface area contributed by atoms with Crippen LogP contribution < -0.4 is 0 Å². The molecule has 12 heavy (non-hydrogen) atoms. The Morgan fingerprint density at radius 1 is 1.33 bits per heavy atom. The van der Waals surface area contributed by atoms with Crippen LogP contribution in [0.4, 0.5) is 0 Å². The average molecular weight is 183 g/mol. The van der Waals surface area contributed by atoms with E-state index in [2.05, 4.69) is 37.2 Å². The molecular weight excluding hydrogens is 162 g/mol. The third kappa shape index (κ3) is 3.95. The molecule has 0 spiro atoms. The molecule has 0 amide bonds. The highest BCUT2D eigenvalue weighted by molar-refractivity contribution is 6.77. The van der Waals surface area contributed by atoms with Gasteiger partial charge >= 0.3 is 0 Å². The van der Waals surface area contributed by atoms with Crippen molar-refractivity contribution in [2.24, 2.45) is 0 Å². The van der Waals surface area contributed by atoms with E-state index in [-0.39, 0.29) is 0 Å². The summed E-state index contributed by atoms with van der Waals surface area (Å²) in [5.41, 5.74) is 0. The molecule has 1 saturated heterocycles. The van der Waals surface area contributed by atoms with Crippen molar-refractivity contribution in [3.8, 4) is 0 Å². The Hall–Kier alpha value is -0.243.